The van der Waals surface area contributed by atoms with Crippen molar-refractivity contribution in [2.45, 2.75) is 17.9 Å². The molecule has 1 aromatic carbocycles. The zero-order valence-electron chi connectivity index (χ0n) is 11.4. The molecule has 0 aliphatic carbocycles. The number of para-hydroxylation sites is 1. The predicted octanol–water partition coefficient (Wildman–Crippen LogP) is 1.72. The van der Waals surface area contributed by atoms with E-state index in [2.05, 4.69) is 0 Å². The normalized spacial score (nSPS) is 18.6. The van der Waals surface area contributed by atoms with Crippen LogP contribution in [0.1, 0.15) is 6.92 Å². The number of carbonyl (C=O) groups is 2. The van der Waals surface area contributed by atoms with E-state index in [1.165, 1.54) is 4.90 Å². The van der Waals surface area contributed by atoms with Crippen molar-refractivity contribution in [1.82, 2.24) is 4.90 Å². The number of aliphatic carboxylic acids is 1. The third-order valence-corrected chi connectivity index (χ3v) is 4.25. The third-order valence-electron chi connectivity index (χ3n) is 3.13. The van der Waals surface area contributed by atoms with Crippen LogP contribution in [0.2, 0.25) is 0 Å². The predicted molar refractivity (Wildman–Crippen MR) is 76.0 cm³/mol. The van der Waals surface area contributed by atoms with Crippen LogP contribution >= 0.6 is 11.8 Å². The molecule has 2 rings (SSSR count). The number of fused-ring (bicyclic) bond motifs is 1. The molecule has 6 heteroatoms. The molecule has 1 aliphatic heterocycles. The molecular formula is C14H17NO4S. The molecule has 5 nitrogen and oxygen atoms in total. The lowest BCUT2D eigenvalue weighted by Crippen LogP contribution is -2.44. The Balaban J connectivity index is 1.99. The van der Waals surface area contributed by atoms with Gasteiger partial charge in [-0.05, 0) is 12.1 Å². The number of carbonyl (C=O) groups excluding carboxylic acids is 1. The van der Waals surface area contributed by atoms with Gasteiger partial charge in [-0.3, -0.25) is 9.59 Å². The van der Waals surface area contributed by atoms with Gasteiger partial charge in [0.15, 0.2) is 6.10 Å². The van der Waals surface area contributed by atoms with Crippen LogP contribution in [0.5, 0.6) is 5.75 Å². The Morgan fingerprint density at radius 3 is 2.90 bits per heavy atom. The van der Waals surface area contributed by atoms with Crippen LogP contribution in [0.3, 0.4) is 0 Å². The van der Waals surface area contributed by atoms with Crippen LogP contribution in [-0.4, -0.2) is 47.3 Å². The van der Waals surface area contributed by atoms with Gasteiger partial charge in [-0.1, -0.05) is 19.1 Å². The summed E-state index contributed by atoms with van der Waals surface area (Å²) in [6.07, 6.45) is -0.555. The quantitative estimate of drug-likeness (QED) is 0.916. The first-order chi connectivity index (χ1) is 9.49. The molecule has 1 amide bonds. The average molecular weight is 295 g/mol. The molecule has 0 bridgehead atoms. The van der Waals surface area contributed by atoms with E-state index in [9.17, 15) is 9.59 Å². The van der Waals surface area contributed by atoms with Crippen molar-refractivity contribution in [3.05, 3.63) is 24.3 Å². The van der Waals surface area contributed by atoms with Gasteiger partial charge in [0.2, 0.25) is 0 Å². The smallest absolute Gasteiger partial charge is 0.308 e. The highest BCUT2D eigenvalue weighted by atomic mass is 32.2. The Hall–Kier alpha value is -1.69. The van der Waals surface area contributed by atoms with Gasteiger partial charge in [0.1, 0.15) is 5.75 Å². The van der Waals surface area contributed by atoms with Crippen LogP contribution in [0.25, 0.3) is 0 Å². The largest absolute Gasteiger partial charge is 0.481 e. The zero-order valence-corrected chi connectivity index (χ0v) is 12.2. The van der Waals surface area contributed by atoms with E-state index in [0.29, 0.717) is 11.5 Å². The maximum atomic E-state index is 12.3. The first-order valence-electron chi connectivity index (χ1n) is 6.35. The number of carboxylic acid groups (broad SMARTS) is 1. The molecule has 0 radical (unpaired) electrons. The number of carboxylic acids is 1. The van der Waals surface area contributed by atoms with Gasteiger partial charge in [-0.2, -0.15) is 0 Å². The van der Waals surface area contributed by atoms with E-state index < -0.39 is 18.0 Å². The van der Waals surface area contributed by atoms with Gasteiger partial charge >= 0.3 is 5.97 Å². The second kappa shape index (κ2) is 6.17. The van der Waals surface area contributed by atoms with Crippen molar-refractivity contribution in [1.29, 1.82) is 0 Å². The van der Waals surface area contributed by atoms with E-state index in [1.54, 1.807) is 25.7 Å². The summed E-state index contributed by atoms with van der Waals surface area (Å²) in [5.41, 5.74) is 0. The maximum absolute atomic E-state index is 12.3. The van der Waals surface area contributed by atoms with Crippen LogP contribution in [0.15, 0.2) is 29.2 Å². The molecule has 1 heterocycles. The molecule has 2 atom stereocenters. The Morgan fingerprint density at radius 2 is 2.20 bits per heavy atom. The number of benzene rings is 1. The molecular weight excluding hydrogens is 278 g/mol. The topological polar surface area (TPSA) is 66.8 Å². The van der Waals surface area contributed by atoms with Gasteiger partial charge in [0.05, 0.1) is 5.92 Å². The van der Waals surface area contributed by atoms with Gasteiger partial charge in [-0.25, -0.2) is 0 Å². The third kappa shape index (κ3) is 3.25. The minimum atomic E-state index is -0.908. The molecule has 0 aromatic heterocycles. The lowest BCUT2D eigenvalue weighted by molar-refractivity contribution is -0.144. The monoisotopic (exact) mass is 295 g/mol. The van der Waals surface area contributed by atoms with E-state index in [1.807, 2.05) is 24.3 Å². The standard InChI is InChI=1S/C14H17NO4S/c1-9(14(17)18)7-15(2)13(16)11-8-20-12-6-4-3-5-10(12)19-11/h3-6,9,11H,7-8H2,1-2H3,(H,17,18)/t9-,11-/m0/s1. The van der Waals surface area contributed by atoms with Crippen molar-refractivity contribution in [3.8, 4) is 5.75 Å². The summed E-state index contributed by atoms with van der Waals surface area (Å²) in [6.45, 7) is 1.76. The van der Waals surface area contributed by atoms with E-state index in [4.69, 9.17) is 9.84 Å². The van der Waals surface area contributed by atoms with Crippen molar-refractivity contribution < 1.29 is 19.4 Å². The fraction of sp³-hybridized carbons (Fsp3) is 0.429. The molecule has 1 N–H and O–H groups in total. The second-order valence-corrected chi connectivity index (χ2v) is 5.88. The summed E-state index contributed by atoms with van der Waals surface area (Å²) in [7, 11) is 1.61. The molecule has 108 valence electrons. The van der Waals surface area contributed by atoms with E-state index in [0.717, 1.165) is 4.90 Å². The van der Waals surface area contributed by atoms with E-state index >= 15 is 0 Å². The molecule has 0 saturated carbocycles. The Labute approximate surface area is 121 Å². The average Bonchev–Trinajstić information content (AvgIpc) is 2.45. The van der Waals surface area contributed by atoms with Crippen LogP contribution in [-0.2, 0) is 9.59 Å². The Morgan fingerprint density at radius 1 is 1.50 bits per heavy atom. The summed E-state index contributed by atoms with van der Waals surface area (Å²) in [5.74, 6) is -0.426. The summed E-state index contributed by atoms with van der Waals surface area (Å²) >= 11 is 1.58. The lowest BCUT2D eigenvalue weighted by atomic mass is 10.1. The highest BCUT2D eigenvalue weighted by molar-refractivity contribution is 7.99. The molecule has 0 unspecified atom stereocenters. The van der Waals surface area contributed by atoms with Crippen LogP contribution in [0, 0.1) is 5.92 Å². The first-order valence-corrected chi connectivity index (χ1v) is 7.34. The Kier molecular flexibility index (Phi) is 4.54. The molecule has 0 spiro atoms. The molecule has 1 aliphatic rings. The molecule has 0 saturated heterocycles. The minimum absolute atomic E-state index is 0.180. The lowest BCUT2D eigenvalue weighted by Gasteiger charge is -2.29. The van der Waals surface area contributed by atoms with E-state index in [-0.39, 0.29) is 12.5 Å². The maximum Gasteiger partial charge on any atom is 0.308 e. The number of likely N-dealkylation sites (N-methyl/N-ethyl adjacent to an activating group) is 1. The van der Waals surface area contributed by atoms with Gasteiger partial charge < -0.3 is 14.7 Å². The zero-order chi connectivity index (χ0) is 14.7. The fourth-order valence-corrected chi connectivity index (χ4v) is 2.94. The number of nitrogens with zero attached hydrogens (tertiary/aromatic N) is 1. The van der Waals surface area contributed by atoms with Crippen LogP contribution in [0.4, 0.5) is 0 Å². The summed E-state index contributed by atoms with van der Waals surface area (Å²) < 4.78 is 5.70. The van der Waals surface area contributed by atoms with Gasteiger partial charge in [0.25, 0.3) is 5.91 Å². The summed E-state index contributed by atoms with van der Waals surface area (Å²) in [4.78, 5) is 25.5. The van der Waals surface area contributed by atoms with Gasteiger partial charge in [0, 0.05) is 24.2 Å². The second-order valence-electron chi connectivity index (χ2n) is 4.82. The number of hydrogen-bond donors (Lipinski definition) is 1. The molecule has 20 heavy (non-hydrogen) atoms. The summed E-state index contributed by atoms with van der Waals surface area (Å²) in [6, 6.07) is 7.58. The van der Waals surface area contributed by atoms with Crippen LogP contribution < -0.4 is 4.74 Å². The van der Waals surface area contributed by atoms with Crippen molar-refractivity contribution >= 4 is 23.6 Å². The fourth-order valence-electron chi connectivity index (χ4n) is 1.97. The number of rotatable bonds is 4. The van der Waals surface area contributed by atoms with Crippen molar-refractivity contribution in [2.75, 3.05) is 19.3 Å². The Bertz CT molecular complexity index is 520. The number of hydrogen-bond acceptors (Lipinski definition) is 4. The number of thioether (sulfide) groups is 1. The minimum Gasteiger partial charge on any atom is -0.481 e. The highest BCUT2D eigenvalue weighted by Crippen LogP contribution is 2.35. The van der Waals surface area contributed by atoms with Gasteiger partial charge in [-0.15, -0.1) is 11.8 Å². The van der Waals surface area contributed by atoms with Crippen molar-refractivity contribution in [2.24, 2.45) is 5.92 Å². The highest BCUT2D eigenvalue weighted by Gasteiger charge is 2.30. The molecule has 0 fully saturated rings. The number of amides is 1. The first kappa shape index (κ1) is 14.7. The SMILES string of the molecule is C[C@@H](CN(C)C(=O)[C@@H]1CSc2ccccc2O1)C(=O)O. The molecule has 1 aromatic rings. The van der Waals surface area contributed by atoms with Crippen molar-refractivity contribution in [3.63, 3.8) is 0 Å². The summed E-state index contributed by atoms with van der Waals surface area (Å²) in [5, 5.41) is 8.88. The number of ether oxygens (including phenoxy) is 1.